The molecule has 0 aliphatic heterocycles. The lowest BCUT2D eigenvalue weighted by atomic mass is 10.3. The molecule has 0 spiro atoms. The number of hydrogen-bond acceptors (Lipinski definition) is 3. The lowest BCUT2D eigenvalue weighted by molar-refractivity contribution is 0.145. The number of aromatic nitrogens is 3. The molecule has 2 aromatic heterocycles. The zero-order valence-corrected chi connectivity index (χ0v) is 13.6. The third kappa shape index (κ3) is 2.74. The molecule has 114 valence electrons. The fourth-order valence-electron chi connectivity index (χ4n) is 2.02. The Balaban J connectivity index is 2.26. The Morgan fingerprint density at radius 2 is 1.91 bits per heavy atom. The number of thiazole rings is 1. The number of nitrogens with zero attached hydrogens (tertiary/aromatic N) is 3. The minimum Gasteiger partial charge on any atom is -0.249 e. The van der Waals surface area contributed by atoms with Gasteiger partial charge in [0.2, 0.25) is 0 Å². The number of halogens is 4. The maximum atomic E-state index is 13.0. The molecule has 3 nitrogen and oxygen atoms in total. The lowest BCUT2D eigenvalue weighted by Crippen LogP contribution is -2.01. The van der Waals surface area contributed by atoms with Gasteiger partial charge in [-0.2, -0.15) is 5.10 Å². The van der Waals surface area contributed by atoms with Gasteiger partial charge >= 0.3 is 0 Å². The van der Waals surface area contributed by atoms with Crippen molar-refractivity contribution in [3.8, 4) is 16.3 Å². The summed E-state index contributed by atoms with van der Waals surface area (Å²) in [6.45, 7) is 1.84. The van der Waals surface area contributed by atoms with Crippen LogP contribution in [-0.4, -0.2) is 14.8 Å². The second-order valence-corrected chi connectivity index (χ2v) is 6.53. The van der Waals surface area contributed by atoms with Crippen molar-refractivity contribution in [1.29, 1.82) is 0 Å². The molecule has 1 aromatic carbocycles. The van der Waals surface area contributed by atoms with Crippen LogP contribution in [0.25, 0.3) is 16.3 Å². The van der Waals surface area contributed by atoms with Crippen molar-refractivity contribution in [3.05, 3.63) is 51.2 Å². The second kappa shape index (κ2) is 5.95. The predicted octanol–water partition coefficient (Wildman–Crippen LogP) is 5.55. The average molecular weight is 360 g/mol. The summed E-state index contributed by atoms with van der Waals surface area (Å²) in [5, 5.41) is 5.45. The van der Waals surface area contributed by atoms with Crippen molar-refractivity contribution in [1.82, 2.24) is 14.8 Å². The zero-order chi connectivity index (χ0) is 15.9. The number of aryl methyl sites for hydroxylation is 1. The first kappa shape index (κ1) is 15.4. The van der Waals surface area contributed by atoms with Crippen molar-refractivity contribution < 1.29 is 8.78 Å². The molecule has 0 bridgehead atoms. The molecule has 0 amide bonds. The van der Waals surface area contributed by atoms with Crippen molar-refractivity contribution >= 4 is 34.5 Å². The van der Waals surface area contributed by atoms with E-state index in [2.05, 4.69) is 10.1 Å². The highest BCUT2D eigenvalue weighted by Gasteiger charge is 2.21. The van der Waals surface area contributed by atoms with Gasteiger partial charge in [0, 0.05) is 6.20 Å². The molecule has 0 unspecified atom stereocenters. The van der Waals surface area contributed by atoms with Gasteiger partial charge in [0.25, 0.3) is 6.43 Å². The summed E-state index contributed by atoms with van der Waals surface area (Å²) in [6, 6.07) is 6.28. The van der Waals surface area contributed by atoms with Crippen molar-refractivity contribution in [2.24, 2.45) is 0 Å². The predicted molar refractivity (Wildman–Crippen MR) is 84.4 cm³/mol. The standard InChI is InChI=1S/C14H9Cl2F2N3S/c1-7-19-6-12(22-7)11-5-10(14(17)18)20-21(11)13-8(15)3-2-4-9(13)16/h2-6,14H,1H3. The molecule has 8 heteroatoms. The summed E-state index contributed by atoms with van der Waals surface area (Å²) in [5.74, 6) is 0. The molecule has 0 saturated heterocycles. The number of benzene rings is 1. The third-order valence-corrected chi connectivity index (χ3v) is 4.52. The summed E-state index contributed by atoms with van der Waals surface area (Å²) in [5.41, 5.74) is 0.520. The topological polar surface area (TPSA) is 30.7 Å². The first-order chi connectivity index (χ1) is 10.5. The summed E-state index contributed by atoms with van der Waals surface area (Å²) >= 11 is 13.7. The molecule has 0 aliphatic carbocycles. The molecule has 0 radical (unpaired) electrons. The first-order valence-electron chi connectivity index (χ1n) is 6.22. The Bertz CT molecular complexity index is 809. The smallest absolute Gasteiger partial charge is 0.249 e. The molecular weight excluding hydrogens is 351 g/mol. The van der Waals surface area contributed by atoms with Crippen LogP contribution in [0.15, 0.2) is 30.5 Å². The van der Waals surface area contributed by atoms with Crippen LogP contribution in [0.2, 0.25) is 10.0 Å². The van der Waals surface area contributed by atoms with E-state index in [4.69, 9.17) is 23.2 Å². The summed E-state index contributed by atoms with van der Waals surface area (Å²) in [6.07, 6.45) is -1.07. The second-order valence-electron chi connectivity index (χ2n) is 4.48. The molecule has 0 aliphatic rings. The van der Waals surface area contributed by atoms with Gasteiger partial charge in [-0.3, -0.25) is 0 Å². The number of alkyl halides is 2. The highest BCUT2D eigenvalue weighted by Crippen LogP contribution is 2.36. The normalized spacial score (nSPS) is 11.4. The number of hydrogen-bond donors (Lipinski definition) is 0. The Labute approximate surface area is 139 Å². The molecule has 22 heavy (non-hydrogen) atoms. The van der Waals surface area contributed by atoms with Crippen LogP contribution < -0.4 is 0 Å². The minimum atomic E-state index is -2.68. The lowest BCUT2D eigenvalue weighted by Gasteiger charge is -2.09. The maximum Gasteiger partial charge on any atom is 0.282 e. The Hall–Kier alpha value is -1.50. The Morgan fingerprint density at radius 3 is 2.45 bits per heavy atom. The fourth-order valence-corrected chi connectivity index (χ4v) is 3.36. The van der Waals surface area contributed by atoms with Gasteiger partial charge in [-0.25, -0.2) is 18.4 Å². The van der Waals surface area contributed by atoms with Crippen LogP contribution >= 0.6 is 34.5 Å². The fraction of sp³-hybridized carbons (Fsp3) is 0.143. The summed E-state index contributed by atoms with van der Waals surface area (Å²) in [4.78, 5) is 4.87. The van der Waals surface area contributed by atoms with E-state index in [0.717, 1.165) is 5.01 Å². The van der Waals surface area contributed by atoms with E-state index in [9.17, 15) is 8.78 Å². The van der Waals surface area contributed by atoms with E-state index in [0.29, 0.717) is 26.3 Å². The van der Waals surface area contributed by atoms with Gasteiger partial charge in [-0.05, 0) is 25.1 Å². The maximum absolute atomic E-state index is 13.0. The van der Waals surface area contributed by atoms with Crippen LogP contribution in [0.3, 0.4) is 0 Å². The van der Waals surface area contributed by atoms with Crippen LogP contribution in [0.5, 0.6) is 0 Å². The molecule has 0 atom stereocenters. The molecule has 0 N–H and O–H groups in total. The number of rotatable bonds is 3. The SMILES string of the molecule is Cc1ncc(-c2cc(C(F)F)nn2-c2c(Cl)cccc2Cl)s1. The van der Waals surface area contributed by atoms with Crippen molar-refractivity contribution in [2.45, 2.75) is 13.3 Å². The van der Waals surface area contributed by atoms with Crippen LogP contribution in [0.4, 0.5) is 8.78 Å². The van der Waals surface area contributed by atoms with E-state index in [1.165, 1.54) is 22.1 Å². The van der Waals surface area contributed by atoms with Crippen LogP contribution in [0.1, 0.15) is 17.1 Å². The van der Waals surface area contributed by atoms with E-state index in [1.807, 2.05) is 6.92 Å². The van der Waals surface area contributed by atoms with Gasteiger partial charge in [0.1, 0.15) is 11.4 Å². The van der Waals surface area contributed by atoms with Crippen molar-refractivity contribution in [3.63, 3.8) is 0 Å². The van der Waals surface area contributed by atoms with E-state index < -0.39 is 6.43 Å². The van der Waals surface area contributed by atoms with Crippen molar-refractivity contribution in [2.75, 3.05) is 0 Å². The van der Waals surface area contributed by atoms with Gasteiger partial charge in [-0.1, -0.05) is 29.3 Å². The minimum absolute atomic E-state index is 0.332. The molecular formula is C14H9Cl2F2N3S. The van der Waals surface area contributed by atoms with Gasteiger partial charge < -0.3 is 0 Å². The molecule has 0 fully saturated rings. The molecule has 3 rings (SSSR count). The van der Waals surface area contributed by atoms with Gasteiger partial charge in [-0.15, -0.1) is 11.3 Å². The highest BCUT2D eigenvalue weighted by atomic mass is 35.5. The molecule has 3 aromatic rings. The monoisotopic (exact) mass is 359 g/mol. The van der Waals surface area contributed by atoms with Crippen LogP contribution in [0, 0.1) is 6.92 Å². The van der Waals surface area contributed by atoms with Crippen LogP contribution in [-0.2, 0) is 0 Å². The summed E-state index contributed by atoms with van der Waals surface area (Å²) in [7, 11) is 0. The van der Waals surface area contributed by atoms with Gasteiger partial charge in [0.05, 0.1) is 25.6 Å². The number of para-hydroxylation sites is 1. The van der Waals surface area contributed by atoms with Gasteiger partial charge in [0.15, 0.2) is 0 Å². The summed E-state index contributed by atoms with van der Waals surface area (Å²) < 4.78 is 27.4. The molecule has 2 heterocycles. The quantitative estimate of drug-likeness (QED) is 0.613. The average Bonchev–Trinajstić information content (AvgIpc) is 3.05. The Morgan fingerprint density at radius 1 is 1.23 bits per heavy atom. The third-order valence-electron chi connectivity index (χ3n) is 2.97. The van der Waals surface area contributed by atoms with E-state index >= 15 is 0 Å². The largest absolute Gasteiger partial charge is 0.282 e. The van der Waals surface area contributed by atoms with E-state index in [-0.39, 0.29) is 5.69 Å². The first-order valence-corrected chi connectivity index (χ1v) is 7.80. The Kier molecular flexibility index (Phi) is 4.16. The van der Waals surface area contributed by atoms with E-state index in [1.54, 1.807) is 24.4 Å². The zero-order valence-electron chi connectivity index (χ0n) is 11.2. The highest BCUT2D eigenvalue weighted by molar-refractivity contribution is 7.15. The molecule has 0 saturated carbocycles.